The third kappa shape index (κ3) is 2.48. The third-order valence-corrected chi connectivity index (χ3v) is 2.12. The summed E-state index contributed by atoms with van der Waals surface area (Å²) in [5.41, 5.74) is 0.569. The van der Waals surface area contributed by atoms with Gasteiger partial charge in [0.2, 0.25) is 0 Å². The molecule has 0 unspecified atom stereocenters. The van der Waals surface area contributed by atoms with E-state index in [-0.39, 0.29) is 5.56 Å². The number of alkyl halides is 2. The largest absolute Gasteiger partial charge is 0.390 e. The second-order valence-electron chi connectivity index (χ2n) is 2.88. The van der Waals surface area contributed by atoms with E-state index >= 15 is 0 Å². The molecule has 0 aliphatic rings. The van der Waals surface area contributed by atoms with E-state index in [0.29, 0.717) is 4.47 Å². The quantitative estimate of drug-likeness (QED) is 0.856. The van der Waals surface area contributed by atoms with Gasteiger partial charge in [0.1, 0.15) is 6.61 Å². The highest BCUT2D eigenvalue weighted by atomic mass is 79.9. The number of aliphatic hydroxyl groups is 1. The predicted octanol–water partition coefficient (Wildman–Crippen LogP) is 2.84. The summed E-state index contributed by atoms with van der Waals surface area (Å²) < 4.78 is 26.5. The molecule has 13 heavy (non-hydrogen) atoms. The normalized spacial score (nSPS) is 11.8. The van der Waals surface area contributed by atoms with Crippen LogP contribution >= 0.6 is 15.9 Å². The van der Waals surface area contributed by atoms with Gasteiger partial charge in [-0.05, 0) is 30.7 Å². The van der Waals surface area contributed by atoms with Crippen molar-refractivity contribution < 1.29 is 13.9 Å². The maximum Gasteiger partial charge on any atom is 0.295 e. The van der Waals surface area contributed by atoms with E-state index in [2.05, 4.69) is 15.9 Å². The van der Waals surface area contributed by atoms with Gasteiger partial charge in [-0.1, -0.05) is 15.9 Å². The molecule has 72 valence electrons. The first kappa shape index (κ1) is 10.6. The standard InChI is InChI=1S/C9H9BrF2O/c1-6-2-7(4-8(10)3-6)9(11,12)5-13/h2-4,13H,5H2,1H3. The fraction of sp³-hybridized carbons (Fsp3) is 0.333. The van der Waals surface area contributed by atoms with Crippen LogP contribution in [0.1, 0.15) is 11.1 Å². The summed E-state index contributed by atoms with van der Waals surface area (Å²) in [7, 11) is 0. The van der Waals surface area contributed by atoms with Crippen molar-refractivity contribution in [3.8, 4) is 0 Å². The molecule has 1 N–H and O–H groups in total. The van der Waals surface area contributed by atoms with Crippen molar-refractivity contribution >= 4 is 15.9 Å². The minimum absolute atomic E-state index is 0.165. The average molecular weight is 251 g/mol. The van der Waals surface area contributed by atoms with Crippen molar-refractivity contribution in [2.75, 3.05) is 6.61 Å². The summed E-state index contributed by atoms with van der Waals surface area (Å²) >= 11 is 3.12. The minimum atomic E-state index is -3.16. The first-order chi connectivity index (χ1) is 5.95. The Morgan fingerprint density at radius 1 is 1.38 bits per heavy atom. The van der Waals surface area contributed by atoms with E-state index in [4.69, 9.17) is 5.11 Å². The lowest BCUT2D eigenvalue weighted by atomic mass is 10.1. The van der Waals surface area contributed by atoms with Crippen molar-refractivity contribution in [2.24, 2.45) is 0 Å². The third-order valence-electron chi connectivity index (χ3n) is 1.66. The zero-order chi connectivity index (χ0) is 10.1. The smallest absolute Gasteiger partial charge is 0.295 e. The summed E-state index contributed by atoms with van der Waals surface area (Å²) in [5.74, 6) is -3.16. The Morgan fingerprint density at radius 2 is 2.00 bits per heavy atom. The van der Waals surface area contributed by atoms with Crippen LogP contribution in [0.5, 0.6) is 0 Å². The van der Waals surface area contributed by atoms with Crippen molar-refractivity contribution in [2.45, 2.75) is 12.8 Å². The van der Waals surface area contributed by atoms with Gasteiger partial charge in [0, 0.05) is 10.0 Å². The molecular formula is C9H9BrF2O. The van der Waals surface area contributed by atoms with Crippen molar-refractivity contribution in [3.63, 3.8) is 0 Å². The molecule has 0 amide bonds. The number of rotatable bonds is 2. The number of hydrogen-bond donors (Lipinski definition) is 1. The van der Waals surface area contributed by atoms with Crippen LogP contribution in [0.3, 0.4) is 0 Å². The molecule has 0 aromatic heterocycles. The number of hydrogen-bond acceptors (Lipinski definition) is 1. The number of aryl methyl sites for hydroxylation is 1. The summed E-state index contributed by atoms with van der Waals surface area (Å²) in [6.07, 6.45) is 0. The molecular weight excluding hydrogens is 242 g/mol. The molecule has 0 radical (unpaired) electrons. The zero-order valence-corrected chi connectivity index (χ0v) is 8.61. The van der Waals surface area contributed by atoms with Crippen LogP contribution in [0.25, 0.3) is 0 Å². The second-order valence-corrected chi connectivity index (χ2v) is 3.80. The van der Waals surface area contributed by atoms with E-state index in [1.54, 1.807) is 13.0 Å². The SMILES string of the molecule is Cc1cc(Br)cc(C(F)(F)CO)c1. The highest BCUT2D eigenvalue weighted by molar-refractivity contribution is 9.10. The highest BCUT2D eigenvalue weighted by Crippen LogP contribution is 2.30. The fourth-order valence-electron chi connectivity index (χ4n) is 1.04. The van der Waals surface area contributed by atoms with Gasteiger partial charge in [0.25, 0.3) is 5.92 Å². The number of halogens is 3. The number of benzene rings is 1. The summed E-state index contributed by atoms with van der Waals surface area (Å²) in [6, 6.07) is 4.40. The van der Waals surface area contributed by atoms with Gasteiger partial charge in [0.05, 0.1) is 0 Å². The molecule has 0 saturated carbocycles. The van der Waals surface area contributed by atoms with Crippen LogP contribution in [0.2, 0.25) is 0 Å². The topological polar surface area (TPSA) is 20.2 Å². The summed E-state index contributed by atoms with van der Waals surface area (Å²) in [4.78, 5) is 0. The van der Waals surface area contributed by atoms with Gasteiger partial charge in [-0.15, -0.1) is 0 Å². The number of aliphatic hydroxyl groups excluding tert-OH is 1. The monoisotopic (exact) mass is 250 g/mol. The molecule has 1 nitrogen and oxygen atoms in total. The second kappa shape index (κ2) is 3.72. The molecule has 1 rings (SSSR count). The van der Waals surface area contributed by atoms with Gasteiger partial charge in [-0.25, -0.2) is 0 Å². The molecule has 0 atom stereocenters. The van der Waals surface area contributed by atoms with Crippen LogP contribution in [0, 0.1) is 6.92 Å². The molecule has 0 spiro atoms. The van der Waals surface area contributed by atoms with Gasteiger partial charge in [-0.3, -0.25) is 0 Å². The first-order valence-corrected chi connectivity index (χ1v) is 4.51. The zero-order valence-electron chi connectivity index (χ0n) is 7.02. The lowest BCUT2D eigenvalue weighted by Gasteiger charge is -2.14. The molecule has 0 aliphatic heterocycles. The molecule has 0 saturated heterocycles. The Kier molecular flexibility index (Phi) is 3.03. The summed E-state index contributed by atoms with van der Waals surface area (Å²) in [6.45, 7) is 0.560. The maximum atomic E-state index is 13.0. The minimum Gasteiger partial charge on any atom is -0.390 e. The van der Waals surface area contributed by atoms with Gasteiger partial charge in [0.15, 0.2) is 0 Å². The maximum absolute atomic E-state index is 13.0. The Bertz CT molecular complexity index is 292. The Hall–Kier alpha value is -0.480. The van der Waals surface area contributed by atoms with Gasteiger partial charge in [-0.2, -0.15) is 8.78 Å². The highest BCUT2D eigenvalue weighted by Gasteiger charge is 2.30. The summed E-state index contributed by atoms with van der Waals surface area (Å²) in [5, 5.41) is 8.46. The first-order valence-electron chi connectivity index (χ1n) is 3.72. The van der Waals surface area contributed by atoms with E-state index in [9.17, 15) is 8.78 Å². The predicted molar refractivity (Wildman–Crippen MR) is 49.9 cm³/mol. The molecule has 0 fully saturated rings. The van der Waals surface area contributed by atoms with Gasteiger partial charge >= 0.3 is 0 Å². The molecule has 0 bridgehead atoms. The van der Waals surface area contributed by atoms with Crippen LogP contribution in [-0.2, 0) is 5.92 Å². The lowest BCUT2D eigenvalue weighted by Crippen LogP contribution is -2.18. The Balaban J connectivity index is 3.15. The van der Waals surface area contributed by atoms with E-state index < -0.39 is 12.5 Å². The van der Waals surface area contributed by atoms with Crippen molar-refractivity contribution in [1.82, 2.24) is 0 Å². The van der Waals surface area contributed by atoms with E-state index in [1.165, 1.54) is 12.1 Å². The molecule has 0 aliphatic carbocycles. The van der Waals surface area contributed by atoms with Crippen molar-refractivity contribution in [3.05, 3.63) is 33.8 Å². The molecule has 0 heterocycles. The van der Waals surface area contributed by atoms with E-state index in [0.717, 1.165) is 5.56 Å². The van der Waals surface area contributed by atoms with Crippen LogP contribution in [0.15, 0.2) is 22.7 Å². The average Bonchev–Trinajstić information content (AvgIpc) is 2.02. The molecule has 1 aromatic rings. The fourth-order valence-corrected chi connectivity index (χ4v) is 1.65. The van der Waals surface area contributed by atoms with Gasteiger partial charge < -0.3 is 5.11 Å². The Labute approximate surface area is 83.5 Å². The lowest BCUT2D eigenvalue weighted by molar-refractivity contribution is -0.0557. The van der Waals surface area contributed by atoms with Crippen LogP contribution < -0.4 is 0 Å². The van der Waals surface area contributed by atoms with Crippen molar-refractivity contribution in [1.29, 1.82) is 0 Å². The molecule has 1 aromatic carbocycles. The van der Waals surface area contributed by atoms with E-state index in [1.807, 2.05) is 0 Å². The Morgan fingerprint density at radius 3 is 2.46 bits per heavy atom. The molecule has 4 heteroatoms. The van der Waals surface area contributed by atoms with Crippen LogP contribution in [-0.4, -0.2) is 11.7 Å². The van der Waals surface area contributed by atoms with Crippen LogP contribution in [0.4, 0.5) is 8.78 Å².